The average Bonchev–Trinajstić information content (AvgIpc) is 2.09. The molecule has 0 aromatic heterocycles. The number of hydrogen-bond acceptors (Lipinski definition) is 4. The Hall–Kier alpha value is -1.30. The molecule has 17 heavy (non-hydrogen) atoms. The third-order valence-electron chi connectivity index (χ3n) is 1.88. The third-order valence-corrected chi connectivity index (χ3v) is 1.88. The normalized spacial score (nSPS) is 12.9. The lowest BCUT2D eigenvalue weighted by Gasteiger charge is -2.23. The highest BCUT2D eigenvalue weighted by molar-refractivity contribution is 5.71. The molecule has 6 heteroatoms. The maximum Gasteiger partial charge on any atom is 0.407 e. The number of alkyl carbamates (subject to hydrolysis) is 1. The van der Waals surface area contributed by atoms with Crippen molar-refractivity contribution in [1.29, 1.82) is 0 Å². The number of nitrogens with one attached hydrogen (secondary N) is 2. The molecule has 0 fully saturated rings. The van der Waals surface area contributed by atoms with Crippen molar-refractivity contribution in [3.8, 4) is 0 Å². The zero-order chi connectivity index (χ0) is 13.5. The molecule has 0 aliphatic carbocycles. The smallest absolute Gasteiger partial charge is 0.407 e. The van der Waals surface area contributed by atoms with Gasteiger partial charge in [0.25, 0.3) is 0 Å². The van der Waals surface area contributed by atoms with Gasteiger partial charge in [-0.25, -0.2) is 4.79 Å². The molecule has 3 N–H and O–H groups in total. The summed E-state index contributed by atoms with van der Waals surface area (Å²) in [5.74, 6) is -0.942. The summed E-state index contributed by atoms with van der Waals surface area (Å²) in [5.41, 5.74) is -0.582. The molecule has 1 atom stereocenters. The van der Waals surface area contributed by atoms with Gasteiger partial charge in [0, 0.05) is 6.04 Å². The summed E-state index contributed by atoms with van der Waals surface area (Å²) in [4.78, 5) is 22.1. The van der Waals surface area contributed by atoms with Crippen LogP contribution in [0, 0.1) is 0 Å². The van der Waals surface area contributed by atoms with E-state index in [9.17, 15) is 9.59 Å². The van der Waals surface area contributed by atoms with Gasteiger partial charge in [-0.05, 0) is 40.8 Å². The lowest BCUT2D eigenvalue weighted by atomic mass is 10.1. The number of ether oxygens (including phenoxy) is 1. The van der Waals surface area contributed by atoms with Crippen molar-refractivity contribution < 1.29 is 19.4 Å². The summed E-state index contributed by atoms with van der Waals surface area (Å²) >= 11 is 0. The zero-order valence-corrected chi connectivity index (χ0v) is 10.9. The second-order valence-corrected chi connectivity index (χ2v) is 4.83. The quantitative estimate of drug-likeness (QED) is 0.650. The van der Waals surface area contributed by atoms with E-state index in [4.69, 9.17) is 9.84 Å². The Morgan fingerprint density at radius 1 is 1.35 bits per heavy atom. The SMILES string of the molecule is CNCCC(CC(=O)O)NC(=O)OC(C)(C)C. The molecule has 0 aliphatic rings. The molecule has 0 spiro atoms. The van der Waals surface area contributed by atoms with Crippen LogP contribution in [-0.2, 0) is 9.53 Å². The van der Waals surface area contributed by atoms with E-state index >= 15 is 0 Å². The first-order valence-electron chi connectivity index (χ1n) is 5.60. The van der Waals surface area contributed by atoms with Gasteiger partial charge in [-0.1, -0.05) is 0 Å². The number of carbonyl (C=O) groups excluding carboxylic acids is 1. The van der Waals surface area contributed by atoms with Crippen LogP contribution < -0.4 is 10.6 Å². The minimum atomic E-state index is -0.942. The van der Waals surface area contributed by atoms with Gasteiger partial charge in [-0.3, -0.25) is 4.79 Å². The van der Waals surface area contributed by atoms with Gasteiger partial charge in [0.15, 0.2) is 0 Å². The van der Waals surface area contributed by atoms with Gasteiger partial charge in [-0.15, -0.1) is 0 Å². The maximum absolute atomic E-state index is 11.5. The van der Waals surface area contributed by atoms with Gasteiger partial charge in [-0.2, -0.15) is 0 Å². The second-order valence-electron chi connectivity index (χ2n) is 4.83. The summed E-state index contributed by atoms with van der Waals surface area (Å²) < 4.78 is 5.07. The predicted octanol–water partition coefficient (Wildman–Crippen LogP) is 0.964. The van der Waals surface area contributed by atoms with E-state index in [-0.39, 0.29) is 6.42 Å². The van der Waals surface area contributed by atoms with Gasteiger partial charge in [0.1, 0.15) is 5.60 Å². The van der Waals surface area contributed by atoms with Gasteiger partial charge in [0.2, 0.25) is 0 Å². The highest BCUT2D eigenvalue weighted by Crippen LogP contribution is 2.07. The number of carboxylic acids is 1. The molecule has 0 bridgehead atoms. The number of carboxylic acid groups (broad SMARTS) is 1. The molecular weight excluding hydrogens is 224 g/mol. The summed E-state index contributed by atoms with van der Waals surface area (Å²) in [6.45, 7) is 5.90. The van der Waals surface area contributed by atoms with Crippen LogP contribution in [0.1, 0.15) is 33.6 Å². The fourth-order valence-electron chi connectivity index (χ4n) is 1.23. The Morgan fingerprint density at radius 3 is 2.35 bits per heavy atom. The lowest BCUT2D eigenvalue weighted by Crippen LogP contribution is -2.41. The number of aliphatic carboxylic acids is 1. The molecule has 0 aromatic rings. The fourth-order valence-corrected chi connectivity index (χ4v) is 1.23. The Balaban J connectivity index is 4.21. The summed E-state index contributed by atoms with van der Waals surface area (Å²) in [5, 5.41) is 14.2. The Bertz CT molecular complexity index is 261. The van der Waals surface area contributed by atoms with Gasteiger partial charge >= 0.3 is 12.1 Å². The molecule has 0 aliphatic heterocycles. The molecule has 6 nitrogen and oxygen atoms in total. The van der Waals surface area contributed by atoms with E-state index in [2.05, 4.69) is 10.6 Å². The molecule has 0 rings (SSSR count). The second kappa shape index (κ2) is 7.11. The molecule has 0 heterocycles. The maximum atomic E-state index is 11.5. The van der Waals surface area contributed by atoms with Crippen LogP contribution in [0.5, 0.6) is 0 Å². The molecule has 0 saturated carbocycles. The number of carbonyl (C=O) groups is 2. The largest absolute Gasteiger partial charge is 0.481 e. The highest BCUT2D eigenvalue weighted by atomic mass is 16.6. The molecule has 0 radical (unpaired) electrons. The van der Waals surface area contributed by atoms with E-state index in [1.165, 1.54) is 0 Å². The molecule has 0 saturated heterocycles. The van der Waals surface area contributed by atoms with Crippen LogP contribution in [-0.4, -0.2) is 42.4 Å². The molecule has 1 amide bonds. The topological polar surface area (TPSA) is 87.7 Å². The first-order chi connectivity index (χ1) is 7.74. The minimum Gasteiger partial charge on any atom is -0.481 e. The lowest BCUT2D eigenvalue weighted by molar-refractivity contribution is -0.137. The highest BCUT2D eigenvalue weighted by Gasteiger charge is 2.20. The summed E-state index contributed by atoms with van der Waals surface area (Å²) in [7, 11) is 1.77. The van der Waals surface area contributed by atoms with E-state index < -0.39 is 23.7 Å². The van der Waals surface area contributed by atoms with Gasteiger partial charge < -0.3 is 20.5 Å². The van der Waals surface area contributed by atoms with Crippen molar-refractivity contribution in [2.45, 2.75) is 45.3 Å². The van der Waals surface area contributed by atoms with Crippen molar-refractivity contribution in [1.82, 2.24) is 10.6 Å². The first-order valence-corrected chi connectivity index (χ1v) is 5.60. The summed E-state index contributed by atoms with van der Waals surface area (Å²) in [6, 6.07) is -0.421. The molecule has 1 unspecified atom stereocenters. The number of rotatable bonds is 6. The van der Waals surface area contributed by atoms with Gasteiger partial charge in [0.05, 0.1) is 6.42 Å². The predicted molar refractivity (Wildman–Crippen MR) is 64.0 cm³/mol. The monoisotopic (exact) mass is 246 g/mol. The van der Waals surface area contributed by atoms with Crippen LogP contribution in [0.15, 0.2) is 0 Å². The zero-order valence-electron chi connectivity index (χ0n) is 10.9. The Morgan fingerprint density at radius 2 is 1.94 bits per heavy atom. The third kappa shape index (κ3) is 9.62. The molecule has 0 aromatic carbocycles. The molecular formula is C11H22N2O4. The van der Waals surface area contributed by atoms with Crippen LogP contribution in [0.3, 0.4) is 0 Å². The van der Waals surface area contributed by atoms with Crippen molar-refractivity contribution >= 4 is 12.1 Å². The van der Waals surface area contributed by atoms with Crippen molar-refractivity contribution in [3.05, 3.63) is 0 Å². The van der Waals surface area contributed by atoms with E-state index in [0.29, 0.717) is 13.0 Å². The van der Waals surface area contributed by atoms with Crippen LogP contribution in [0.2, 0.25) is 0 Å². The van der Waals surface area contributed by atoms with Crippen LogP contribution >= 0.6 is 0 Å². The molecule has 100 valence electrons. The average molecular weight is 246 g/mol. The Labute approximate surface area is 102 Å². The fraction of sp³-hybridized carbons (Fsp3) is 0.818. The standard InChI is InChI=1S/C11H22N2O4/c1-11(2,3)17-10(16)13-8(5-6-12-4)7-9(14)15/h8,12H,5-7H2,1-4H3,(H,13,16)(H,14,15). The first kappa shape index (κ1) is 15.7. The van der Waals surface area contributed by atoms with E-state index in [1.807, 2.05) is 0 Å². The van der Waals surface area contributed by atoms with Crippen LogP contribution in [0.4, 0.5) is 4.79 Å². The Kier molecular flexibility index (Phi) is 6.57. The van der Waals surface area contributed by atoms with Crippen molar-refractivity contribution in [2.24, 2.45) is 0 Å². The van der Waals surface area contributed by atoms with Crippen LogP contribution in [0.25, 0.3) is 0 Å². The van der Waals surface area contributed by atoms with E-state index in [0.717, 1.165) is 0 Å². The number of amides is 1. The van der Waals surface area contributed by atoms with Crippen molar-refractivity contribution in [3.63, 3.8) is 0 Å². The van der Waals surface area contributed by atoms with E-state index in [1.54, 1.807) is 27.8 Å². The summed E-state index contributed by atoms with van der Waals surface area (Å²) in [6.07, 6.45) is -0.150. The number of hydrogen-bond donors (Lipinski definition) is 3. The minimum absolute atomic E-state index is 0.110. The van der Waals surface area contributed by atoms with Crippen molar-refractivity contribution in [2.75, 3.05) is 13.6 Å².